The molecule has 8 heteroatoms. The molecule has 0 radical (unpaired) electrons. The van der Waals surface area contributed by atoms with E-state index in [4.69, 9.17) is 9.15 Å². The molecule has 0 unspecified atom stereocenters. The third-order valence-electron chi connectivity index (χ3n) is 4.61. The summed E-state index contributed by atoms with van der Waals surface area (Å²) in [4.78, 5) is 12.4. The van der Waals surface area contributed by atoms with Crippen molar-refractivity contribution >= 4 is 21.6 Å². The van der Waals surface area contributed by atoms with Crippen molar-refractivity contribution in [1.29, 1.82) is 0 Å². The predicted octanol–water partition coefficient (Wildman–Crippen LogP) is 4.21. The molecule has 3 aromatic rings. The van der Waals surface area contributed by atoms with Gasteiger partial charge >= 0.3 is 0 Å². The molecule has 31 heavy (non-hydrogen) atoms. The summed E-state index contributed by atoms with van der Waals surface area (Å²) in [5.41, 5.74) is 2.57. The van der Waals surface area contributed by atoms with Crippen LogP contribution in [0.4, 0.5) is 5.69 Å². The van der Waals surface area contributed by atoms with Crippen LogP contribution in [0, 0.1) is 6.92 Å². The van der Waals surface area contributed by atoms with Gasteiger partial charge in [-0.05, 0) is 66.4 Å². The second-order valence-electron chi connectivity index (χ2n) is 7.46. The minimum Gasteiger partial charge on any atom is -0.483 e. The first kappa shape index (κ1) is 22.6. The van der Waals surface area contributed by atoms with E-state index in [1.807, 2.05) is 25.1 Å². The Bertz CT molecular complexity index is 1120. The van der Waals surface area contributed by atoms with E-state index in [1.54, 1.807) is 12.1 Å². The Morgan fingerprint density at radius 1 is 1.10 bits per heavy atom. The number of nitrogens with one attached hydrogen (secondary N) is 2. The first-order chi connectivity index (χ1) is 14.7. The monoisotopic (exact) mass is 442 g/mol. The lowest BCUT2D eigenvalue weighted by Crippen LogP contribution is -2.23. The fourth-order valence-corrected chi connectivity index (χ4v) is 3.96. The second kappa shape index (κ2) is 9.80. The van der Waals surface area contributed by atoms with E-state index in [2.05, 4.69) is 23.9 Å². The average molecular weight is 443 g/mol. The molecule has 1 amide bonds. The zero-order valence-electron chi connectivity index (χ0n) is 17.7. The average Bonchev–Trinajstić information content (AvgIpc) is 3.25. The summed E-state index contributed by atoms with van der Waals surface area (Å²) in [5, 5.41) is 2.71. The highest BCUT2D eigenvalue weighted by Gasteiger charge is 2.15. The van der Waals surface area contributed by atoms with Crippen molar-refractivity contribution < 1.29 is 22.4 Å². The van der Waals surface area contributed by atoms with Crippen LogP contribution < -0.4 is 14.8 Å². The lowest BCUT2D eigenvalue weighted by atomic mass is 10.0. The Labute approximate surface area is 182 Å². The van der Waals surface area contributed by atoms with Gasteiger partial charge < -0.3 is 14.5 Å². The van der Waals surface area contributed by atoms with Gasteiger partial charge in [-0.15, -0.1) is 0 Å². The molecule has 0 bridgehead atoms. The van der Waals surface area contributed by atoms with Gasteiger partial charge in [0.05, 0.1) is 17.7 Å². The molecular formula is C23H26N2O5S. The van der Waals surface area contributed by atoms with Crippen molar-refractivity contribution in [3.8, 4) is 5.75 Å². The number of hydrogen-bond acceptors (Lipinski definition) is 5. The Morgan fingerprint density at radius 3 is 2.48 bits per heavy atom. The Morgan fingerprint density at radius 2 is 1.84 bits per heavy atom. The Kier molecular flexibility index (Phi) is 7.14. The van der Waals surface area contributed by atoms with Gasteiger partial charge in [0, 0.05) is 5.69 Å². The molecule has 1 aromatic heterocycles. The summed E-state index contributed by atoms with van der Waals surface area (Å²) in [5.74, 6) is 1.15. The molecule has 2 N–H and O–H groups in total. The van der Waals surface area contributed by atoms with Crippen LogP contribution in [-0.2, 0) is 21.4 Å². The lowest BCUT2D eigenvalue weighted by Gasteiger charge is -2.15. The zero-order chi connectivity index (χ0) is 22.4. The number of ether oxygens (including phenoxy) is 1. The first-order valence-corrected chi connectivity index (χ1v) is 11.4. The van der Waals surface area contributed by atoms with Gasteiger partial charge in [0.15, 0.2) is 6.61 Å². The van der Waals surface area contributed by atoms with Crippen molar-refractivity contribution in [3.05, 3.63) is 77.7 Å². The number of aryl methyl sites for hydroxylation is 1. The standard InChI is InChI=1S/C23H26N2O5S/c1-16(2)21-11-6-17(3)13-22(21)30-15-23(26)25-18-7-9-20(10-8-18)31(27,28)24-14-19-5-4-12-29-19/h4-13,16,24H,14-15H2,1-3H3,(H,25,26). The van der Waals surface area contributed by atoms with E-state index < -0.39 is 10.0 Å². The summed E-state index contributed by atoms with van der Waals surface area (Å²) in [6.45, 7) is 6.01. The van der Waals surface area contributed by atoms with Crippen LogP contribution in [0.3, 0.4) is 0 Å². The van der Waals surface area contributed by atoms with Gasteiger partial charge in [-0.2, -0.15) is 0 Å². The number of amides is 1. The molecule has 1 heterocycles. The first-order valence-electron chi connectivity index (χ1n) is 9.90. The number of sulfonamides is 1. The van der Waals surface area contributed by atoms with Gasteiger partial charge in [0.2, 0.25) is 10.0 Å². The zero-order valence-corrected chi connectivity index (χ0v) is 18.5. The van der Waals surface area contributed by atoms with Gasteiger partial charge in [-0.3, -0.25) is 4.79 Å². The number of rotatable bonds is 9. The third-order valence-corrected chi connectivity index (χ3v) is 6.03. The van der Waals surface area contributed by atoms with Crippen LogP contribution in [-0.4, -0.2) is 20.9 Å². The number of furan rings is 1. The second-order valence-corrected chi connectivity index (χ2v) is 9.23. The topological polar surface area (TPSA) is 97.6 Å². The minimum absolute atomic E-state index is 0.0580. The summed E-state index contributed by atoms with van der Waals surface area (Å²) >= 11 is 0. The molecule has 7 nitrogen and oxygen atoms in total. The van der Waals surface area contributed by atoms with Gasteiger partial charge in [0.25, 0.3) is 5.91 Å². The van der Waals surface area contributed by atoms with Crippen LogP contribution in [0.2, 0.25) is 0 Å². The fourth-order valence-electron chi connectivity index (χ4n) is 2.96. The van der Waals surface area contributed by atoms with E-state index in [-0.39, 0.29) is 29.9 Å². The molecule has 164 valence electrons. The molecule has 0 fully saturated rings. The molecular weight excluding hydrogens is 416 g/mol. The lowest BCUT2D eigenvalue weighted by molar-refractivity contribution is -0.118. The number of carbonyl (C=O) groups is 1. The molecule has 0 spiro atoms. The van der Waals surface area contributed by atoms with E-state index in [9.17, 15) is 13.2 Å². The molecule has 0 aliphatic rings. The summed E-state index contributed by atoms with van der Waals surface area (Å²) in [7, 11) is -3.69. The fraction of sp³-hybridized carbons (Fsp3) is 0.261. The third kappa shape index (κ3) is 6.19. The minimum atomic E-state index is -3.69. The van der Waals surface area contributed by atoms with Crippen molar-refractivity contribution in [2.75, 3.05) is 11.9 Å². The van der Waals surface area contributed by atoms with Crippen LogP contribution in [0.5, 0.6) is 5.75 Å². The summed E-state index contributed by atoms with van der Waals surface area (Å²) in [6, 6.07) is 15.2. The van der Waals surface area contributed by atoms with E-state index >= 15 is 0 Å². The molecule has 0 saturated heterocycles. The van der Waals surface area contributed by atoms with Crippen molar-refractivity contribution in [3.63, 3.8) is 0 Å². The molecule has 3 rings (SSSR count). The molecule has 0 saturated carbocycles. The number of anilines is 1. The van der Waals surface area contributed by atoms with E-state index in [0.29, 0.717) is 17.2 Å². The van der Waals surface area contributed by atoms with Crippen LogP contribution in [0.25, 0.3) is 0 Å². The highest BCUT2D eigenvalue weighted by molar-refractivity contribution is 7.89. The number of carbonyl (C=O) groups excluding carboxylic acids is 1. The smallest absolute Gasteiger partial charge is 0.262 e. The highest BCUT2D eigenvalue weighted by atomic mass is 32.2. The van der Waals surface area contributed by atoms with Gasteiger partial charge in [0.1, 0.15) is 11.5 Å². The maximum atomic E-state index is 12.4. The Balaban J connectivity index is 1.57. The SMILES string of the molecule is Cc1ccc(C(C)C)c(OCC(=O)Nc2ccc(S(=O)(=O)NCc3ccco3)cc2)c1. The maximum Gasteiger partial charge on any atom is 0.262 e. The highest BCUT2D eigenvalue weighted by Crippen LogP contribution is 2.27. The van der Waals surface area contributed by atoms with Gasteiger partial charge in [-0.1, -0.05) is 26.0 Å². The van der Waals surface area contributed by atoms with Crippen LogP contribution in [0.15, 0.2) is 70.2 Å². The van der Waals surface area contributed by atoms with E-state index in [1.165, 1.54) is 30.5 Å². The van der Waals surface area contributed by atoms with Crippen LogP contribution in [0.1, 0.15) is 36.7 Å². The van der Waals surface area contributed by atoms with Crippen molar-refractivity contribution in [2.45, 2.75) is 38.1 Å². The molecule has 0 atom stereocenters. The molecule has 0 aliphatic carbocycles. The van der Waals surface area contributed by atoms with Gasteiger partial charge in [-0.25, -0.2) is 13.1 Å². The molecule has 0 aliphatic heterocycles. The maximum absolute atomic E-state index is 12.4. The van der Waals surface area contributed by atoms with Crippen LogP contribution >= 0.6 is 0 Å². The largest absolute Gasteiger partial charge is 0.483 e. The number of hydrogen-bond donors (Lipinski definition) is 2. The summed E-state index contributed by atoms with van der Waals surface area (Å²) < 4.78 is 38.1. The summed E-state index contributed by atoms with van der Waals surface area (Å²) in [6.07, 6.45) is 1.48. The van der Waals surface area contributed by atoms with Crippen molar-refractivity contribution in [1.82, 2.24) is 4.72 Å². The predicted molar refractivity (Wildman–Crippen MR) is 119 cm³/mol. The van der Waals surface area contributed by atoms with E-state index in [0.717, 1.165) is 11.1 Å². The normalized spacial score (nSPS) is 11.5. The number of benzene rings is 2. The quantitative estimate of drug-likeness (QED) is 0.517. The molecule has 2 aromatic carbocycles. The Hall–Kier alpha value is -3.10. The van der Waals surface area contributed by atoms with Crippen molar-refractivity contribution in [2.24, 2.45) is 0 Å².